The van der Waals surface area contributed by atoms with Gasteiger partial charge in [0.05, 0.1) is 5.57 Å². The summed E-state index contributed by atoms with van der Waals surface area (Å²) >= 11 is 12.1. The third kappa shape index (κ3) is 3.18. The van der Waals surface area contributed by atoms with Gasteiger partial charge in [-0.2, -0.15) is 4.98 Å². The molecule has 8 heteroatoms. The number of nitrogens with one attached hydrogen (secondary N) is 1. The largest absolute Gasteiger partial charge is 0.366 e. The number of aromatic nitrogens is 3. The maximum Gasteiger partial charge on any atom is 0.248 e. The van der Waals surface area contributed by atoms with E-state index in [1.54, 1.807) is 35.9 Å². The number of allylic oxidation sites excluding steroid dienone is 1. The molecule has 0 unspecified atom stereocenters. The van der Waals surface area contributed by atoms with Crippen LogP contribution in [0, 0.1) is 0 Å². The van der Waals surface area contributed by atoms with Crippen molar-refractivity contribution in [3.63, 3.8) is 0 Å². The van der Waals surface area contributed by atoms with Gasteiger partial charge < -0.3 is 11.1 Å². The third-order valence-corrected chi connectivity index (χ3v) is 4.87. The van der Waals surface area contributed by atoms with Crippen molar-refractivity contribution in [2.24, 2.45) is 5.73 Å². The molecule has 1 atom stereocenters. The minimum absolute atomic E-state index is 0.423. The Labute approximate surface area is 165 Å². The fraction of sp³-hybridized carbons (Fsp3) is 0.105. The fourth-order valence-electron chi connectivity index (χ4n) is 3.17. The molecule has 0 fully saturated rings. The Hall–Kier alpha value is -2.83. The first-order valence-corrected chi connectivity index (χ1v) is 8.95. The zero-order valence-electron chi connectivity index (χ0n) is 14.3. The number of halogens is 2. The van der Waals surface area contributed by atoms with Crippen LogP contribution >= 0.6 is 23.2 Å². The van der Waals surface area contributed by atoms with Crippen LogP contribution in [0.3, 0.4) is 0 Å². The number of nitrogens with zero attached hydrogens (tertiary/aromatic N) is 3. The molecule has 136 valence electrons. The van der Waals surface area contributed by atoms with E-state index in [4.69, 9.17) is 28.9 Å². The fourth-order valence-corrected chi connectivity index (χ4v) is 3.49. The number of carbonyl (C=O) groups excluding carboxylic acids is 1. The van der Waals surface area contributed by atoms with E-state index in [9.17, 15) is 4.79 Å². The number of primary amides is 1. The van der Waals surface area contributed by atoms with Gasteiger partial charge in [0.25, 0.3) is 0 Å². The Morgan fingerprint density at radius 3 is 2.56 bits per heavy atom. The Morgan fingerprint density at radius 2 is 1.89 bits per heavy atom. The van der Waals surface area contributed by atoms with Crippen molar-refractivity contribution in [1.29, 1.82) is 0 Å². The standard InChI is InChI=1S/C19H15Cl2N5O/c1-10-15(17(22)27)16(11-5-7-13(20)8-6-11)26-19(23-10)24-18(25-26)12-3-2-4-14(21)9-12/h2-9,16H,1H3,(H2,22,27)(H,23,24,25)/t16-/m1/s1. The number of rotatable bonds is 3. The molecular weight excluding hydrogens is 385 g/mol. The van der Waals surface area contributed by atoms with Gasteiger partial charge in [0, 0.05) is 21.3 Å². The van der Waals surface area contributed by atoms with Crippen LogP contribution < -0.4 is 11.1 Å². The van der Waals surface area contributed by atoms with Gasteiger partial charge in [0.2, 0.25) is 11.9 Å². The van der Waals surface area contributed by atoms with Gasteiger partial charge in [0.1, 0.15) is 6.04 Å². The number of benzene rings is 2. The van der Waals surface area contributed by atoms with E-state index in [1.165, 1.54) is 0 Å². The summed E-state index contributed by atoms with van der Waals surface area (Å²) in [6.45, 7) is 1.79. The summed E-state index contributed by atoms with van der Waals surface area (Å²) < 4.78 is 1.66. The van der Waals surface area contributed by atoms with Crippen LogP contribution in [0.15, 0.2) is 59.8 Å². The van der Waals surface area contributed by atoms with Crippen LogP contribution in [-0.2, 0) is 4.79 Å². The zero-order chi connectivity index (χ0) is 19.1. The maximum absolute atomic E-state index is 12.2. The normalized spacial score (nSPS) is 16.0. The highest BCUT2D eigenvalue weighted by Gasteiger charge is 2.33. The van der Waals surface area contributed by atoms with Crippen LogP contribution in [0.1, 0.15) is 18.5 Å². The monoisotopic (exact) mass is 399 g/mol. The van der Waals surface area contributed by atoms with Crippen LogP contribution in [-0.4, -0.2) is 20.7 Å². The van der Waals surface area contributed by atoms with Crippen molar-refractivity contribution in [3.05, 3.63) is 75.4 Å². The van der Waals surface area contributed by atoms with Crippen LogP contribution in [0.5, 0.6) is 0 Å². The number of carbonyl (C=O) groups is 1. The Morgan fingerprint density at radius 1 is 1.15 bits per heavy atom. The first kappa shape index (κ1) is 17.6. The molecule has 0 radical (unpaired) electrons. The maximum atomic E-state index is 12.2. The number of amides is 1. The average Bonchev–Trinajstić information content (AvgIpc) is 3.04. The van der Waals surface area contributed by atoms with E-state index in [0.29, 0.717) is 33.1 Å². The molecule has 2 aromatic carbocycles. The van der Waals surface area contributed by atoms with E-state index in [0.717, 1.165) is 11.1 Å². The summed E-state index contributed by atoms with van der Waals surface area (Å²) in [6.07, 6.45) is 0. The number of anilines is 1. The summed E-state index contributed by atoms with van der Waals surface area (Å²) in [6, 6.07) is 14.0. The van der Waals surface area contributed by atoms with Crippen LogP contribution in [0.4, 0.5) is 5.95 Å². The van der Waals surface area contributed by atoms with Crippen molar-refractivity contribution in [3.8, 4) is 11.4 Å². The van der Waals surface area contributed by atoms with Crippen LogP contribution in [0.25, 0.3) is 11.4 Å². The van der Waals surface area contributed by atoms with E-state index in [2.05, 4.69) is 15.4 Å². The molecule has 4 rings (SSSR count). The molecule has 27 heavy (non-hydrogen) atoms. The Bertz CT molecular complexity index is 1070. The van der Waals surface area contributed by atoms with Gasteiger partial charge in [-0.1, -0.05) is 47.5 Å². The molecule has 0 spiro atoms. The second kappa shape index (κ2) is 6.72. The summed E-state index contributed by atoms with van der Waals surface area (Å²) in [5.41, 5.74) is 8.34. The zero-order valence-corrected chi connectivity index (χ0v) is 15.8. The molecule has 1 aromatic heterocycles. The summed E-state index contributed by atoms with van der Waals surface area (Å²) in [7, 11) is 0. The molecule has 3 aromatic rings. The van der Waals surface area contributed by atoms with Crippen molar-refractivity contribution < 1.29 is 4.79 Å². The van der Waals surface area contributed by atoms with E-state index < -0.39 is 11.9 Å². The molecular formula is C19H15Cl2N5O. The number of hydrogen-bond donors (Lipinski definition) is 2. The molecule has 6 nitrogen and oxygen atoms in total. The predicted molar refractivity (Wildman–Crippen MR) is 106 cm³/mol. The van der Waals surface area contributed by atoms with Gasteiger partial charge in [-0.3, -0.25) is 4.79 Å². The summed E-state index contributed by atoms with van der Waals surface area (Å²) in [4.78, 5) is 16.7. The highest BCUT2D eigenvalue weighted by molar-refractivity contribution is 6.31. The molecule has 0 aliphatic carbocycles. The van der Waals surface area contributed by atoms with Crippen molar-refractivity contribution >= 4 is 35.1 Å². The molecule has 1 aliphatic rings. The molecule has 1 amide bonds. The topological polar surface area (TPSA) is 85.8 Å². The number of nitrogens with two attached hydrogens (primary N) is 1. The Balaban J connectivity index is 1.88. The second-order valence-electron chi connectivity index (χ2n) is 6.20. The molecule has 1 aliphatic heterocycles. The smallest absolute Gasteiger partial charge is 0.248 e. The lowest BCUT2D eigenvalue weighted by Gasteiger charge is -2.27. The van der Waals surface area contributed by atoms with Gasteiger partial charge in [-0.05, 0) is 36.8 Å². The first-order chi connectivity index (χ1) is 12.9. The summed E-state index contributed by atoms with van der Waals surface area (Å²) in [5.74, 6) is 0.496. The molecule has 0 bridgehead atoms. The van der Waals surface area contributed by atoms with Gasteiger partial charge in [-0.25, -0.2) is 4.68 Å². The van der Waals surface area contributed by atoms with Gasteiger partial charge in [-0.15, -0.1) is 5.10 Å². The second-order valence-corrected chi connectivity index (χ2v) is 7.07. The van der Waals surface area contributed by atoms with E-state index in [-0.39, 0.29) is 0 Å². The number of fused-ring (bicyclic) bond motifs is 1. The van der Waals surface area contributed by atoms with E-state index in [1.807, 2.05) is 24.3 Å². The lowest BCUT2D eigenvalue weighted by Crippen LogP contribution is -2.31. The molecule has 2 heterocycles. The lowest BCUT2D eigenvalue weighted by molar-refractivity contribution is -0.115. The highest BCUT2D eigenvalue weighted by atomic mass is 35.5. The van der Waals surface area contributed by atoms with Gasteiger partial charge >= 0.3 is 0 Å². The minimum Gasteiger partial charge on any atom is -0.366 e. The average molecular weight is 400 g/mol. The number of hydrogen-bond acceptors (Lipinski definition) is 4. The van der Waals surface area contributed by atoms with Crippen molar-refractivity contribution in [2.75, 3.05) is 5.32 Å². The first-order valence-electron chi connectivity index (χ1n) is 8.19. The molecule has 0 saturated heterocycles. The highest BCUT2D eigenvalue weighted by Crippen LogP contribution is 2.36. The minimum atomic E-state index is -0.523. The molecule has 3 N–H and O–H groups in total. The van der Waals surface area contributed by atoms with Crippen molar-refractivity contribution in [1.82, 2.24) is 14.8 Å². The predicted octanol–water partition coefficient (Wildman–Crippen LogP) is 4.03. The summed E-state index contributed by atoms with van der Waals surface area (Å²) in [5, 5.41) is 8.93. The van der Waals surface area contributed by atoms with Crippen molar-refractivity contribution in [2.45, 2.75) is 13.0 Å². The third-order valence-electron chi connectivity index (χ3n) is 4.39. The van der Waals surface area contributed by atoms with Gasteiger partial charge in [0.15, 0.2) is 5.82 Å². The van der Waals surface area contributed by atoms with E-state index >= 15 is 0 Å². The SMILES string of the molecule is CC1=C(C(N)=O)[C@@H](c2ccc(Cl)cc2)n2nc(-c3cccc(Cl)c3)nc2N1. The Kier molecular flexibility index (Phi) is 4.37. The molecule has 0 saturated carbocycles. The quantitative estimate of drug-likeness (QED) is 0.695. The van der Waals surface area contributed by atoms with Crippen LogP contribution in [0.2, 0.25) is 10.0 Å². The lowest BCUT2D eigenvalue weighted by atomic mass is 9.95.